The third kappa shape index (κ3) is 5.44. The topological polar surface area (TPSA) is 79.2 Å². The van der Waals surface area contributed by atoms with Crippen molar-refractivity contribution in [3.63, 3.8) is 0 Å². The van der Waals surface area contributed by atoms with Crippen molar-refractivity contribution < 1.29 is 24.5 Å². The highest BCUT2D eigenvalue weighted by atomic mass is 16.5. The Hall–Kier alpha value is -0.690. The van der Waals surface area contributed by atoms with Gasteiger partial charge in [-0.05, 0) is 6.42 Å². The van der Waals surface area contributed by atoms with E-state index in [0.29, 0.717) is 26.1 Å². The molecule has 112 valence electrons. The number of aliphatic hydroxyl groups excluding tert-OH is 2. The van der Waals surface area contributed by atoms with E-state index in [1.807, 2.05) is 0 Å². The van der Waals surface area contributed by atoms with Crippen molar-refractivity contribution in [3.8, 4) is 0 Å². The second-order valence-electron chi connectivity index (χ2n) is 4.96. The minimum atomic E-state index is -0.658. The molecule has 2 N–H and O–H groups in total. The maximum absolute atomic E-state index is 11.6. The molecule has 0 bridgehead atoms. The number of carbonyl (C=O) groups excluding carboxylic acids is 1. The summed E-state index contributed by atoms with van der Waals surface area (Å²) in [6, 6.07) is -0.467. The van der Waals surface area contributed by atoms with E-state index in [-0.39, 0.29) is 12.6 Å². The first-order valence-electron chi connectivity index (χ1n) is 6.84. The monoisotopic (exact) mass is 275 g/mol. The molecule has 3 atom stereocenters. The lowest BCUT2D eigenvalue weighted by atomic mass is 10.2. The summed E-state index contributed by atoms with van der Waals surface area (Å²) in [5, 5.41) is 19.5. The summed E-state index contributed by atoms with van der Waals surface area (Å²) < 4.78 is 10.0. The predicted octanol–water partition coefficient (Wildman–Crippen LogP) is -0.228. The van der Waals surface area contributed by atoms with Crippen LogP contribution in [-0.2, 0) is 14.3 Å². The summed E-state index contributed by atoms with van der Waals surface area (Å²) in [6.07, 6.45) is 1.18. The molecule has 1 heterocycles. The second kappa shape index (κ2) is 8.47. The Bertz CT molecular complexity index is 274. The number of β-amino-alcohol motifs (C(OH)–C–C–N with tert-alkyl or cyclic N) is 2. The quantitative estimate of drug-likeness (QED) is 0.471. The molecule has 6 heteroatoms. The molecule has 0 aromatic carbocycles. The SMILES string of the molecule is CCCCOCC(O)CN1CC(O)CC1C(=O)OC. The Morgan fingerprint density at radius 3 is 2.89 bits per heavy atom. The van der Waals surface area contributed by atoms with Crippen LogP contribution in [0.3, 0.4) is 0 Å². The summed E-state index contributed by atoms with van der Waals surface area (Å²) in [5.41, 5.74) is 0. The Morgan fingerprint density at radius 1 is 1.53 bits per heavy atom. The summed E-state index contributed by atoms with van der Waals surface area (Å²) in [6.45, 7) is 3.65. The minimum Gasteiger partial charge on any atom is -0.468 e. The molecule has 0 aromatic heterocycles. The van der Waals surface area contributed by atoms with E-state index >= 15 is 0 Å². The molecule has 1 aliphatic heterocycles. The molecule has 3 unspecified atom stereocenters. The Morgan fingerprint density at radius 2 is 2.26 bits per heavy atom. The van der Waals surface area contributed by atoms with Crippen molar-refractivity contribution in [2.75, 3.05) is 33.4 Å². The third-order valence-electron chi connectivity index (χ3n) is 3.25. The third-order valence-corrected chi connectivity index (χ3v) is 3.25. The number of aliphatic hydroxyl groups is 2. The Kier molecular flexibility index (Phi) is 7.30. The number of methoxy groups -OCH3 is 1. The number of carbonyl (C=O) groups is 1. The van der Waals surface area contributed by atoms with Crippen molar-refractivity contribution >= 4 is 5.97 Å². The summed E-state index contributed by atoms with van der Waals surface area (Å²) in [7, 11) is 1.33. The zero-order valence-electron chi connectivity index (χ0n) is 11.7. The van der Waals surface area contributed by atoms with Crippen LogP contribution < -0.4 is 0 Å². The molecule has 1 fully saturated rings. The molecule has 6 nitrogen and oxygen atoms in total. The first-order chi connectivity index (χ1) is 9.08. The number of likely N-dealkylation sites (tertiary alicyclic amines) is 1. The van der Waals surface area contributed by atoms with Crippen molar-refractivity contribution in [2.45, 2.75) is 44.4 Å². The van der Waals surface area contributed by atoms with Gasteiger partial charge in [0.1, 0.15) is 6.04 Å². The number of esters is 1. The van der Waals surface area contributed by atoms with Crippen LogP contribution in [0.5, 0.6) is 0 Å². The number of nitrogens with zero attached hydrogens (tertiary/aromatic N) is 1. The standard InChI is InChI=1S/C13H25NO5/c1-3-4-5-19-9-11(16)8-14-7-10(15)6-12(14)13(17)18-2/h10-12,15-16H,3-9H2,1-2H3. The zero-order chi connectivity index (χ0) is 14.3. The van der Waals surface area contributed by atoms with Crippen LogP contribution in [0.2, 0.25) is 0 Å². The molecule has 0 spiro atoms. The number of rotatable bonds is 8. The smallest absolute Gasteiger partial charge is 0.323 e. The first-order valence-corrected chi connectivity index (χ1v) is 6.84. The number of hydrogen-bond donors (Lipinski definition) is 2. The van der Waals surface area contributed by atoms with E-state index in [1.165, 1.54) is 7.11 Å². The molecule has 1 aliphatic rings. The summed E-state index contributed by atoms with van der Waals surface area (Å²) in [4.78, 5) is 13.3. The average Bonchev–Trinajstić information content (AvgIpc) is 2.74. The molecule has 0 saturated carbocycles. The number of hydrogen-bond acceptors (Lipinski definition) is 6. The molecule has 0 aromatic rings. The summed E-state index contributed by atoms with van der Waals surface area (Å²) in [5.74, 6) is -0.365. The van der Waals surface area contributed by atoms with E-state index in [9.17, 15) is 15.0 Å². The van der Waals surface area contributed by atoms with Gasteiger partial charge in [-0.15, -0.1) is 0 Å². The van der Waals surface area contributed by atoms with Gasteiger partial charge in [-0.1, -0.05) is 13.3 Å². The molecular formula is C13H25NO5. The normalized spacial score (nSPS) is 25.5. The highest BCUT2D eigenvalue weighted by molar-refractivity contribution is 5.76. The average molecular weight is 275 g/mol. The van der Waals surface area contributed by atoms with Gasteiger partial charge in [0.2, 0.25) is 0 Å². The predicted molar refractivity (Wildman–Crippen MR) is 69.7 cm³/mol. The minimum absolute atomic E-state index is 0.250. The zero-order valence-corrected chi connectivity index (χ0v) is 11.7. The van der Waals surface area contributed by atoms with E-state index in [1.54, 1.807) is 4.90 Å². The van der Waals surface area contributed by atoms with E-state index in [0.717, 1.165) is 12.8 Å². The molecule has 0 aliphatic carbocycles. The van der Waals surface area contributed by atoms with Crippen LogP contribution in [0.15, 0.2) is 0 Å². The van der Waals surface area contributed by atoms with Crippen molar-refractivity contribution in [2.24, 2.45) is 0 Å². The van der Waals surface area contributed by atoms with E-state index in [4.69, 9.17) is 9.47 Å². The van der Waals surface area contributed by atoms with Crippen LogP contribution in [0, 0.1) is 0 Å². The lowest BCUT2D eigenvalue weighted by Crippen LogP contribution is -2.42. The fraction of sp³-hybridized carbons (Fsp3) is 0.923. The Balaban J connectivity index is 2.34. The second-order valence-corrected chi connectivity index (χ2v) is 4.96. The fourth-order valence-electron chi connectivity index (χ4n) is 2.25. The van der Waals surface area contributed by atoms with Gasteiger partial charge >= 0.3 is 5.97 Å². The molecule has 19 heavy (non-hydrogen) atoms. The van der Waals surface area contributed by atoms with Gasteiger partial charge in [0, 0.05) is 26.1 Å². The van der Waals surface area contributed by atoms with Gasteiger partial charge in [-0.25, -0.2) is 0 Å². The first kappa shape index (κ1) is 16.4. The molecule has 1 saturated heterocycles. The molecule has 1 rings (SSSR count). The van der Waals surface area contributed by atoms with Crippen molar-refractivity contribution in [1.82, 2.24) is 4.90 Å². The van der Waals surface area contributed by atoms with Gasteiger partial charge < -0.3 is 19.7 Å². The molecule has 0 amide bonds. The largest absolute Gasteiger partial charge is 0.468 e. The lowest BCUT2D eigenvalue weighted by molar-refractivity contribution is -0.146. The van der Waals surface area contributed by atoms with E-state index < -0.39 is 18.2 Å². The summed E-state index contributed by atoms with van der Waals surface area (Å²) >= 11 is 0. The van der Waals surface area contributed by atoms with Gasteiger partial charge in [-0.2, -0.15) is 0 Å². The van der Waals surface area contributed by atoms with Gasteiger partial charge in [0.15, 0.2) is 0 Å². The fourth-order valence-corrected chi connectivity index (χ4v) is 2.25. The molecule has 0 radical (unpaired) electrons. The van der Waals surface area contributed by atoms with Crippen LogP contribution in [0.4, 0.5) is 0 Å². The highest BCUT2D eigenvalue weighted by Gasteiger charge is 2.37. The maximum atomic E-state index is 11.6. The van der Waals surface area contributed by atoms with Crippen molar-refractivity contribution in [3.05, 3.63) is 0 Å². The number of unbranched alkanes of at least 4 members (excludes halogenated alkanes) is 1. The number of ether oxygens (including phenoxy) is 2. The Labute approximate surface area is 114 Å². The van der Waals surface area contributed by atoms with Crippen LogP contribution in [0.1, 0.15) is 26.2 Å². The van der Waals surface area contributed by atoms with Crippen LogP contribution in [-0.4, -0.2) is 72.7 Å². The van der Waals surface area contributed by atoms with Crippen LogP contribution in [0.25, 0.3) is 0 Å². The highest BCUT2D eigenvalue weighted by Crippen LogP contribution is 2.19. The molecular weight excluding hydrogens is 250 g/mol. The maximum Gasteiger partial charge on any atom is 0.323 e. The van der Waals surface area contributed by atoms with Gasteiger partial charge in [0.05, 0.1) is 25.9 Å². The van der Waals surface area contributed by atoms with Crippen LogP contribution >= 0.6 is 0 Å². The van der Waals surface area contributed by atoms with Gasteiger partial charge in [0.25, 0.3) is 0 Å². The van der Waals surface area contributed by atoms with E-state index in [2.05, 4.69) is 6.92 Å². The van der Waals surface area contributed by atoms with Crippen molar-refractivity contribution in [1.29, 1.82) is 0 Å². The van der Waals surface area contributed by atoms with Gasteiger partial charge in [-0.3, -0.25) is 9.69 Å². The lowest BCUT2D eigenvalue weighted by Gasteiger charge is -2.24.